The van der Waals surface area contributed by atoms with Crippen molar-refractivity contribution in [2.75, 3.05) is 13.7 Å². The zero-order chi connectivity index (χ0) is 22.5. The molecular weight excluding hydrogens is 409 g/mol. The molecule has 6 nitrogen and oxygen atoms in total. The van der Waals surface area contributed by atoms with Crippen molar-refractivity contribution < 1.29 is 18.7 Å². The van der Waals surface area contributed by atoms with Crippen molar-refractivity contribution >= 4 is 16.9 Å². The molecule has 0 unspecified atom stereocenters. The second-order valence-electron chi connectivity index (χ2n) is 7.34. The van der Waals surface area contributed by atoms with Gasteiger partial charge in [-0.15, -0.1) is 0 Å². The normalized spacial score (nSPS) is 10.8. The summed E-state index contributed by atoms with van der Waals surface area (Å²) in [5, 5.41) is 2.88. The second kappa shape index (κ2) is 9.51. The third-order valence-electron chi connectivity index (χ3n) is 5.25. The molecule has 164 valence electrons. The molecule has 0 aliphatic carbocycles. The Balaban J connectivity index is 1.38. The molecule has 1 N–H and O–H groups in total. The quantitative estimate of drug-likeness (QED) is 0.451. The molecule has 0 bridgehead atoms. The molecule has 0 aliphatic rings. The molecular formula is C25H24FN3O3. The number of aryl methyl sites for hydroxylation is 1. The predicted octanol–water partition coefficient (Wildman–Crippen LogP) is 4.27. The number of para-hydroxylation sites is 1. The summed E-state index contributed by atoms with van der Waals surface area (Å²) < 4.78 is 27.0. The van der Waals surface area contributed by atoms with Crippen LogP contribution in [-0.2, 0) is 20.1 Å². The molecule has 32 heavy (non-hydrogen) atoms. The standard InChI is InChI=1S/C25H24FN3O3/c1-29-20-10-6-9-19(26)24(20)28-23(29)13-14-27-25(30)18-11-12-21(22(15-18)31-2)32-16-17-7-4-3-5-8-17/h3-12,15H,13-14,16H2,1-2H3,(H,27,30). The van der Waals surface area contributed by atoms with Gasteiger partial charge in [-0.05, 0) is 35.9 Å². The third-order valence-corrected chi connectivity index (χ3v) is 5.25. The number of hydrogen-bond acceptors (Lipinski definition) is 4. The molecule has 0 atom stereocenters. The van der Waals surface area contributed by atoms with Gasteiger partial charge in [-0.2, -0.15) is 0 Å². The fraction of sp³-hybridized carbons (Fsp3) is 0.200. The maximum absolute atomic E-state index is 13.9. The number of methoxy groups -OCH3 is 1. The summed E-state index contributed by atoms with van der Waals surface area (Å²) >= 11 is 0. The summed E-state index contributed by atoms with van der Waals surface area (Å²) in [5.74, 6) is 1.17. The van der Waals surface area contributed by atoms with E-state index in [1.807, 2.05) is 48.0 Å². The van der Waals surface area contributed by atoms with Crippen LogP contribution in [0.15, 0.2) is 66.7 Å². The highest BCUT2D eigenvalue weighted by atomic mass is 19.1. The van der Waals surface area contributed by atoms with Gasteiger partial charge in [0.1, 0.15) is 17.9 Å². The Labute approximate surface area is 185 Å². The van der Waals surface area contributed by atoms with Crippen LogP contribution in [0, 0.1) is 5.82 Å². The first-order valence-electron chi connectivity index (χ1n) is 10.3. The highest BCUT2D eigenvalue weighted by molar-refractivity contribution is 5.94. The zero-order valence-corrected chi connectivity index (χ0v) is 18.0. The first-order valence-corrected chi connectivity index (χ1v) is 10.3. The lowest BCUT2D eigenvalue weighted by Gasteiger charge is -2.12. The topological polar surface area (TPSA) is 65.4 Å². The van der Waals surface area contributed by atoms with E-state index in [4.69, 9.17) is 9.47 Å². The Morgan fingerprint density at radius 2 is 1.88 bits per heavy atom. The van der Waals surface area contributed by atoms with Crippen LogP contribution in [0.25, 0.3) is 11.0 Å². The molecule has 3 aromatic carbocycles. The zero-order valence-electron chi connectivity index (χ0n) is 18.0. The summed E-state index contributed by atoms with van der Waals surface area (Å²) in [4.78, 5) is 17.0. The summed E-state index contributed by atoms with van der Waals surface area (Å²) in [6, 6.07) is 19.8. The Morgan fingerprint density at radius 3 is 2.62 bits per heavy atom. The minimum absolute atomic E-state index is 0.233. The van der Waals surface area contributed by atoms with Gasteiger partial charge in [0.25, 0.3) is 5.91 Å². The number of carbonyl (C=O) groups excluding carboxylic acids is 1. The lowest BCUT2D eigenvalue weighted by molar-refractivity contribution is 0.0953. The smallest absolute Gasteiger partial charge is 0.251 e. The van der Waals surface area contributed by atoms with E-state index in [1.54, 1.807) is 24.3 Å². The summed E-state index contributed by atoms with van der Waals surface area (Å²) in [6.45, 7) is 0.771. The van der Waals surface area contributed by atoms with Crippen LogP contribution in [0.3, 0.4) is 0 Å². The number of hydrogen-bond donors (Lipinski definition) is 1. The number of imidazole rings is 1. The Kier molecular flexibility index (Phi) is 6.35. The number of rotatable bonds is 8. The van der Waals surface area contributed by atoms with Crippen LogP contribution in [0.1, 0.15) is 21.7 Å². The maximum atomic E-state index is 13.9. The molecule has 1 heterocycles. The number of carbonyl (C=O) groups is 1. The number of aromatic nitrogens is 2. The molecule has 0 saturated heterocycles. The SMILES string of the molecule is COc1cc(C(=O)NCCc2nc3c(F)cccc3n2C)ccc1OCc1ccccc1. The van der Waals surface area contributed by atoms with E-state index in [1.165, 1.54) is 13.2 Å². The van der Waals surface area contributed by atoms with E-state index in [0.717, 1.165) is 11.1 Å². The van der Waals surface area contributed by atoms with Crippen molar-refractivity contribution in [2.24, 2.45) is 7.05 Å². The number of nitrogens with zero attached hydrogens (tertiary/aromatic N) is 2. The van der Waals surface area contributed by atoms with Gasteiger partial charge in [0.15, 0.2) is 17.3 Å². The van der Waals surface area contributed by atoms with E-state index in [9.17, 15) is 9.18 Å². The molecule has 1 amide bonds. The predicted molar refractivity (Wildman–Crippen MR) is 120 cm³/mol. The molecule has 0 aliphatic heterocycles. The average molecular weight is 433 g/mol. The first-order chi connectivity index (χ1) is 15.6. The largest absolute Gasteiger partial charge is 0.493 e. The minimum atomic E-state index is -0.352. The second-order valence-corrected chi connectivity index (χ2v) is 7.34. The van der Waals surface area contributed by atoms with Crippen LogP contribution >= 0.6 is 0 Å². The number of benzene rings is 3. The van der Waals surface area contributed by atoms with Gasteiger partial charge in [0.2, 0.25) is 0 Å². The van der Waals surface area contributed by atoms with Gasteiger partial charge in [0.05, 0.1) is 12.6 Å². The number of ether oxygens (including phenoxy) is 2. The fourth-order valence-electron chi connectivity index (χ4n) is 3.51. The molecule has 4 aromatic rings. The van der Waals surface area contributed by atoms with Gasteiger partial charge >= 0.3 is 0 Å². The van der Waals surface area contributed by atoms with Crippen molar-refractivity contribution in [1.29, 1.82) is 0 Å². The van der Waals surface area contributed by atoms with E-state index >= 15 is 0 Å². The maximum Gasteiger partial charge on any atom is 0.251 e. The van der Waals surface area contributed by atoms with Crippen LogP contribution in [-0.4, -0.2) is 29.1 Å². The lowest BCUT2D eigenvalue weighted by Crippen LogP contribution is -2.26. The van der Waals surface area contributed by atoms with Gasteiger partial charge < -0.3 is 19.4 Å². The highest BCUT2D eigenvalue weighted by Gasteiger charge is 2.14. The average Bonchev–Trinajstić information content (AvgIpc) is 3.15. The number of nitrogens with one attached hydrogen (secondary N) is 1. The van der Waals surface area contributed by atoms with Gasteiger partial charge in [0, 0.05) is 25.6 Å². The Morgan fingerprint density at radius 1 is 1.06 bits per heavy atom. The number of halogens is 1. The molecule has 7 heteroatoms. The molecule has 1 aromatic heterocycles. The fourth-order valence-corrected chi connectivity index (χ4v) is 3.51. The Hall–Kier alpha value is -3.87. The van der Waals surface area contributed by atoms with Gasteiger partial charge in [-0.3, -0.25) is 4.79 Å². The summed E-state index contributed by atoms with van der Waals surface area (Å²) in [5.41, 5.74) is 2.57. The summed E-state index contributed by atoms with van der Waals surface area (Å²) in [7, 11) is 3.38. The highest BCUT2D eigenvalue weighted by Crippen LogP contribution is 2.29. The van der Waals surface area contributed by atoms with Crippen LogP contribution in [0.2, 0.25) is 0 Å². The van der Waals surface area contributed by atoms with Crippen molar-refractivity contribution in [3.63, 3.8) is 0 Å². The first kappa shape index (κ1) is 21.4. The van der Waals surface area contributed by atoms with Crippen molar-refractivity contribution in [3.05, 3.63) is 89.5 Å². The molecule has 0 saturated carbocycles. The molecule has 0 radical (unpaired) electrons. The van der Waals surface area contributed by atoms with Gasteiger partial charge in [-0.25, -0.2) is 9.37 Å². The van der Waals surface area contributed by atoms with E-state index in [-0.39, 0.29) is 11.7 Å². The van der Waals surface area contributed by atoms with E-state index in [2.05, 4.69) is 10.3 Å². The third kappa shape index (κ3) is 4.56. The minimum Gasteiger partial charge on any atom is -0.493 e. The van der Waals surface area contributed by atoms with Crippen LogP contribution in [0.5, 0.6) is 11.5 Å². The van der Waals surface area contributed by atoms with Crippen molar-refractivity contribution in [3.8, 4) is 11.5 Å². The van der Waals surface area contributed by atoms with E-state index in [0.29, 0.717) is 48.0 Å². The van der Waals surface area contributed by atoms with Crippen LogP contribution in [0.4, 0.5) is 4.39 Å². The molecule has 0 fully saturated rings. The number of fused-ring (bicyclic) bond motifs is 1. The van der Waals surface area contributed by atoms with Crippen molar-refractivity contribution in [1.82, 2.24) is 14.9 Å². The monoisotopic (exact) mass is 433 g/mol. The molecule has 4 rings (SSSR count). The molecule has 0 spiro atoms. The van der Waals surface area contributed by atoms with Crippen LogP contribution < -0.4 is 14.8 Å². The van der Waals surface area contributed by atoms with E-state index < -0.39 is 0 Å². The van der Waals surface area contributed by atoms with Crippen molar-refractivity contribution in [2.45, 2.75) is 13.0 Å². The van der Waals surface area contributed by atoms with Gasteiger partial charge in [-0.1, -0.05) is 36.4 Å². The summed E-state index contributed by atoms with van der Waals surface area (Å²) in [6.07, 6.45) is 0.478. The lowest BCUT2D eigenvalue weighted by atomic mass is 10.2. The Bertz CT molecular complexity index is 1240. The number of amides is 1.